The quantitative estimate of drug-likeness (QED) is 0.271. The molecule has 1 aromatic heterocycles. The number of halogens is 2. The van der Waals surface area contributed by atoms with E-state index in [1.54, 1.807) is 43.1 Å². The number of amides is 1. The van der Waals surface area contributed by atoms with Crippen LogP contribution >= 0.6 is 11.8 Å². The van der Waals surface area contributed by atoms with Crippen LogP contribution in [0.5, 0.6) is 5.75 Å². The molecule has 34 heavy (non-hydrogen) atoms. The van der Waals surface area contributed by atoms with E-state index >= 15 is 0 Å². The average Bonchev–Trinajstić information content (AvgIpc) is 2.84. The van der Waals surface area contributed by atoms with Crippen molar-refractivity contribution in [2.75, 3.05) is 11.9 Å². The van der Waals surface area contributed by atoms with E-state index in [-0.39, 0.29) is 17.2 Å². The Morgan fingerprint density at radius 2 is 1.65 bits per heavy atom. The van der Waals surface area contributed by atoms with Crippen LogP contribution in [0, 0.1) is 0 Å². The van der Waals surface area contributed by atoms with Crippen molar-refractivity contribution in [1.29, 1.82) is 0 Å². The van der Waals surface area contributed by atoms with Gasteiger partial charge in [-0.3, -0.25) is 14.2 Å². The van der Waals surface area contributed by atoms with Crippen molar-refractivity contribution in [3.63, 3.8) is 0 Å². The van der Waals surface area contributed by atoms with Crippen molar-refractivity contribution in [1.82, 2.24) is 9.55 Å². The topological polar surface area (TPSA) is 64.4 Å². The number of aromatic nitrogens is 2. The van der Waals surface area contributed by atoms with E-state index in [1.807, 2.05) is 30.3 Å². The molecule has 0 fully saturated rings. The highest BCUT2D eigenvalue weighted by atomic mass is 32.2. The van der Waals surface area contributed by atoms with Crippen LogP contribution in [0.25, 0.3) is 16.6 Å². The van der Waals surface area contributed by atoms with Crippen molar-refractivity contribution in [3.05, 3.63) is 89.2 Å². The van der Waals surface area contributed by atoms with Gasteiger partial charge in [-0.05, 0) is 55.5 Å². The van der Waals surface area contributed by atoms with Crippen LogP contribution in [0.3, 0.4) is 0 Å². The molecule has 3 aromatic carbocycles. The lowest BCUT2D eigenvalue weighted by Gasteiger charge is -2.22. The molecule has 174 valence electrons. The average molecular weight is 482 g/mol. The van der Waals surface area contributed by atoms with E-state index in [4.69, 9.17) is 0 Å². The maximum absolute atomic E-state index is 13.4. The molecular formula is C25H21F2N3O3S. The Morgan fingerprint density at radius 3 is 2.32 bits per heavy atom. The smallest absolute Gasteiger partial charge is 0.387 e. The van der Waals surface area contributed by atoms with E-state index in [9.17, 15) is 18.4 Å². The van der Waals surface area contributed by atoms with Gasteiger partial charge in [-0.2, -0.15) is 8.78 Å². The fraction of sp³-hybridized carbons (Fsp3) is 0.160. The van der Waals surface area contributed by atoms with E-state index in [2.05, 4.69) is 9.72 Å². The number of nitrogens with zero attached hydrogens (tertiary/aromatic N) is 3. The number of benzene rings is 3. The van der Waals surface area contributed by atoms with Gasteiger partial charge in [0.15, 0.2) is 5.16 Å². The number of hydrogen-bond acceptors (Lipinski definition) is 5. The molecule has 9 heteroatoms. The molecule has 0 aliphatic heterocycles. The van der Waals surface area contributed by atoms with Gasteiger partial charge in [-0.15, -0.1) is 0 Å². The molecule has 1 atom stereocenters. The number of carbonyl (C=O) groups is 1. The van der Waals surface area contributed by atoms with E-state index < -0.39 is 11.9 Å². The summed E-state index contributed by atoms with van der Waals surface area (Å²) in [6.07, 6.45) is 0. The van der Waals surface area contributed by atoms with Crippen LogP contribution in [0.15, 0.2) is 88.8 Å². The highest BCUT2D eigenvalue weighted by Gasteiger charge is 2.23. The standard InChI is InChI=1S/C25H21F2N3O3S/c1-16(22(31)29(2)17-8-4-3-5-9-17)34-25-28-21-11-7-6-10-20(21)23(32)30(25)18-12-14-19(15-13-18)33-24(26)27/h3-16,24H,1-2H3. The zero-order chi connectivity index (χ0) is 24.2. The van der Waals surface area contributed by atoms with Crippen LogP contribution in [0.2, 0.25) is 0 Å². The molecular weight excluding hydrogens is 460 g/mol. The summed E-state index contributed by atoms with van der Waals surface area (Å²) in [6.45, 7) is -1.20. The third-order valence-corrected chi connectivity index (χ3v) is 6.21. The summed E-state index contributed by atoms with van der Waals surface area (Å²) < 4.78 is 30.8. The van der Waals surface area contributed by atoms with E-state index in [1.165, 1.54) is 28.8 Å². The molecule has 0 saturated heterocycles. The normalized spacial score (nSPS) is 12.0. The molecule has 0 radical (unpaired) electrons. The van der Waals surface area contributed by atoms with Gasteiger partial charge in [0.2, 0.25) is 5.91 Å². The second kappa shape index (κ2) is 10.0. The minimum Gasteiger partial charge on any atom is -0.435 e. The molecule has 0 saturated carbocycles. The van der Waals surface area contributed by atoms with Gasteiger partial charge >= 0.3 is 6.61 Å². The fourth-order valence-electron chi connectivity index (χ4n) is 3.46. The Labute approximate surface area is 198 Å². The van der Waals surface area contributed by atoms with Gasteiger partial charge in [-0.25, -0.2) is 4.98 Å². The minimum atomic E-state index is -2.95. The highest BCUT2D eigenvalue weighted by molar-refractivity contribution is 8.00. The highest BCUT2D eigenvalue weighted by Crippen LogP contribution is 2.28. The summed E-state index contributed by atoms with van der Waals surface area (Å²) in [6, 6.07) is 21.9. The van der Waals surface area contributed by atoms with Gasteiger partial charge in [0.1, 0.15) is 5.75 Å². The fourth-order valence-corrected chi connectivity index (χ4v) is 4.48. The van der Waals surface area contributed by atoms with Gasteiger partial charge in [0, 0.05) is 12.7 Å². The summed E-state index contributed by atoms with van der Waals surface area (Å²) in [5.74, 6) is -0.186. The maximum Gasteiger partial charge on any atom is 0.387 e. The van der Waals surface area contributed by atoms with Crippen molar-refractivity contribution in [2.45, 2.75) is 23.9 Å². The first-order valence-corrected chi connectivity index (χ1v) is 11.3. The minimum absolute atomic E-state index is 0.0252. The van der Waals surface area contributed by atoms with Gasteiger partial charge in [-0.1, -0.05) is 42.1 Å². The third-order valence-electron chi connectivity index (χ3n) is 5.17. The largest absolute Gasteiger partial charge is 0.435 e. The Morgan fingerprint density at radius 1 is 1.00 bits per heavy atom. The molecule has 1 heterocycles. The Bertz CT molecular complexity index is 1360. The SMILES string of the molecule is CC(Sc1nc2ccccc2c(=O)n1-c1ccc(OC(F)F)cc1)C(=O)N(C)c1ccccc1. The first-order chi connectivity index (χ1) is 16.3. The summed E-state index contributed by atoms with van der Waals surface area (Å²) in [5.41, 5.74) is 1.34. The number of hydrogen-bond donors (Lipinski definition) is 0. The molecule has 4 aromatic rings. The predicted octanol–water partition coefficient (Wildman–Crippen LogP) is 5.13. The van der Waals surface area contributed by atoms with Crippen molar-refractivity contribution in [2.24, 2.45) is 0 Å². The number of ether oxygens (including phenoxy) is 1. The number of para-hydroxylation sites is 2. The van der Waals surface area contributed by atoms with Crippen molar-refractivity contribution < 1.29 is 18.3 Å². The maximum atomic E-state index is 13.4. The Balaban J connectivity index is 1.73. The molecule has 0 aliphatic carbocycles. The lowest BCUT2D eigenvalue weighted by atomic mass is 10.2. The third kappa shape index (κ3) is 4.94. The monoisotopic (exact) mass is 481 g/mol. The zero-order valence-corrected chi connectivity index (χ0v) is 19.2. The lowest BCUT2D eigenvalue weighted by Crippen LogP contribution is -2.33. The molecule has 4 rings (SSSR count). The number of alkyl halides is 2. The van der Waals surface area contributed by atoms with Crippen LogP contribution < -0.4 is 15.2 Å². The molecule has 0 spiro atoms. The number of thioether (sulfide) groups is 1. The molecule has 1 unspecified atom stereocenters. The molecule has 6 nitrogen and oxygen atoms in total. The van der Waals surface area contributed by atoms with Gasteiger partial charge in [0.05, 0.1) is 21.8 Å². The predicted molar refractivity (Wildman–Crippen MR) is 129 cm³/mol. The first kappa shape index (κ1) is 23.4. The van der Waals surface area contributed by atoms with Crippen molar-refractivity contribution in [3.8, 4) is 11.4 Å². The van der Waals surface area contributed by atoms with E-state index in [0.29, 0.717) is 21.7 Å². The number of rotatable bonds is 7. The summed E-state index contributed by atoms with van der Waals surface area (Å²) in [4.78, 5) is 32.7. The zero-order valence-electron chi connectivity index (χ0n) is 18.4. The number of fused-ring (bicyclic) bond motifs is 1. The van der Waals surface area contributed by atoms with Crippen LogP contribution in [-0.4, -0.2) is 34.4 Å². The van der Waals surface area contributed by atoms with Crippen LogP contribution in [0.4, 0.5) is 14.5 Å². The summed E-state index contributed by atoms with van der Waals surface area (Å²) in [5, 5.41) is 0.152. The van der Waals surface area contributed by atoms with Gasteiger partial charge in [0.25, 0.3) is 5.56 Å². The Kier molecular flexibility index (Phi) is 6.93. The van der Waals surface area contributed by atoms with Crippen molar-refractivity contribution >= 4 is 34.3 Å². The second-order valence-corrected chi connectivity index (χ2v) is 8.73. The summed E-state index contributed by atoms with van der Waals surface area (Å²) in [7, 11) is 1.69. The van der Waals surface area contributed by atoms with E-state index in [0.717, 1.165) is 17.4 Å². The van der Waals surface area contributed by atoms with Crippen LogP contribution in [0.1, 0.15) is 6.92 Å². The summed E-state index contributed by atoms with van der Waals surface area (Å²) >= 11 is 1.15. The first-order valence-electron chi connectivity index (χ1n) is 10.4. The molecule has 1 amide bonds. The Hall–Kier alpha value is -3.72. The lowest BCUT2D eigenvalue weighted by molar-refractivity contribution is -0.117. The van der Waals surface area contributed by atoms with Gasteiger partial charge < -0.3 is 9.64 Å². The number of anilines is 1. The molecule has 0 aliphatic rings. The molecule has 0 bridgehead atoms. The molecule has 0 N–H and O–H groups in total. The second-order valence-electron chi connectivity index (χ2n) is 7.42. The number of carbonyl (C=O) groups excluding carboxylic acids is 1. The van der Waals surface area contributed by atoms with Crippen LogP contribution in [-0.2, 0) is 4.79 Å².